The Labute approximate surface area is 98.0 Å². The summed E-state index contributed by atoms with van der Waals surface area (Å²) < 4.78 is 38.3. The molecular formula is C11H16F3N3. The molecule has 1 saturated heterocycles. The first-order valence-electron chi connectivity index (χ1n) is 5.65. The number of aromatic amines is 1. The Morgan fingerprint density at radius 3 is 2.53 bits per heavy atom. The number of hydrogen-bond donors (Lipinski definition) is 2. The van der Waals surface area contributed by atoms with E-state index in [0.29, 0.717) is 12.2 Å². The molecule has 0 bridgehead atoms. The summed E-state index contributed by atoms with van der Waals surface area (Å²) >= 11 is 0. The number of nitrogens with one attached hydrogen (secondary N) is 2. The lowest BCUT2D eigenvalue weighted by Crippen LogP contribution is -2.43. The lowest BCUT2D eigenvalue weighted by atomic mass is 10.2. The van der Waals surface area contributed by atoms with Crippen molar-refractivity contribution in [1.82, 2.24) is 15.2 Å². The van der Waals surface area contributed by atoms with Gasteiger partial charge in [-0.3, -0.25) is 4.90 Å². The highest BCUT2D eigenvalue weighted by Crippen LogP contribution is 2.33. The summed E-state index contributed by atoms with van der Waals surface area (Å²) in [6.45, 7) is 5.23. The van der Waals surface area contributed by atoms with Crippen LogP contribution in [0.15, 0.2) is 6.07 Å². The Kier molecular flexibility index (Phi) is 3.44. The van der Waals surface area contributed by atoms with Gasteiger partial charge in [0.15, 0.2) is 0 Å². The Hall–Kier alpha value is -1.01. The third-order valence-electron chi connectivity index (χ3n) is 2.93. The minimum atomic E-state index is -4.27. The van der Waals surface area contributed by atoms with E-state index in [1.54, 1.807) is 6.92 Å². The van der Waals surface area contributed by atoms with E-state index in [9.17, 15) is 13.2 Å². The van der Waals surface area contributed by atoms with Gasteiger partial charge in [0.05, 0.1) is 5.56 Å². The molecule has 0 spiro atoms. The van der Waals surface area contributed by atoms with Crippen LogP contribution < -0.4 is 5.32 Å². The topological polar surface area (TPSA) is 31.1 Å². The van der Waals surface area contributed by atoms with Crippen LogP contribution >= 0.6 is 0 Å². The summed E-state index contributed by atoms with van der Waals surface area (Å²) in [5.41, 5.74) is 0.299. The monoisotopic (exact) mass is 247 g/mol. The zero-order valence-corrected chi connectivity index (χ0v) is 9.69. The fourth-order valence-corrected chi connectivity index (χ4v) is 2.12. The minimum absolute atomic E-state index is 0.275. The average Bonchev–Trinajstić information content (AvgIpc) is 2.60. The van der Waals surface area contributed by atoms with E-state index in [2.05, 4.69) is 10.3 Å². The molecule has 96 valence electrons. The highest BCUT2D eigenvalue weighted by atomic mass is 19.4. The maximum absolute atomic E-state index is 12.8. The number of rotatable bonds is 2. The Balaban J connectivity index is 2.14. The van der Waals surface area contributed by atoms with E-state index in [0.717, 1.165) is 26.2 Å². The maximum atomic E-state index is 12.8. The van der Waals surface area contributed by atoms with Crippen molar-refractivity contribution < 1.29 is 13.2 Å². The third-order valence-corrected chi connectivity index (χ3v) is 2.93. The molecule has 1 aliphatic heterocycles. The number of piperazine rings is 1. The summed E-state index contributed by atoms with van der Waals surface area (Å²) in [4.78, 5) is 4.84. The van der Waals surface area contributed by atoms with E-state index < -0.39 is 11.7 Å². The van der Waals surface area contributed by atoms with Gasteiger partial charge < -0.3 is 10.3 Å². The first-order valence-corrected chi connectivity index (χ1v) is 5.65. The highest BCUT2D eigenvalue weighted by Gasteiger charge is 2.35. The number of hydrogen-bond acceptors (Lipinski definition) is 2. The molecule has 0 aromatic carbocycles. The lowest BCUT2D eigenvalue weighted by molar-refractivity contribution is -0.138. The quantitative estimate of drug-likeness (QED) is 0.834. The Morgan fingerprint density at radius 2 is 1.94 bits per heavy atom. The molecule has 0 amide bonds. The van der Waals surface area contributed by atoms with Gasteiger partial charge in [-0.25, -0.2) is 0 Å². The van der Waals surface area contributed by atoms with Crippen molar-refractivity contribution in [2.75, 3.05) is 26.2 Å². The molecular weight excluding hydrogens is 231 g/mol. The lowest BCUT2D eigenvalue weighted by Gasteiger charge is -2.27. The molecule has 1 aliphatic rings. The number of aryl methyl sites for hydroxylation is 1. The van der Waals surface area contributed by atoms with Crippen molar-refractivity contribution in [3.8, 4) is 0 Å². The molecule has 2 rings (SSSR count). The van der Waals surface area contributed by atoms with Crippen molar-refractivity contribution in [3.63, 3.8) is 0 Å². The molecule has 0 radical (unpaired) electrons. The van der Waals surface area contributed by atoms with Crippen LogP contribution in [0, 0.1) is 6.92 Å². The van der Waals surface area contributed by atoms with E-state index in [1.165, 1.54) is 6.07 Å². The van der Waals surface area contributed by atoms with E-state index >= 15 is 0 Å². The number of alkyl halides is 3. The van der Waals surface area contributed by atoms with Crippen LogP contribution in [-0.2, 0) is 12.7 Å². The molecule has 0 aliphatic carbocycles. The van der Waals surface area contributed by atoms with Gasteiger partial charge in [-0.1, -0.05) is 0 Å². The fraction of sp³-hybridized carbons (Fsp3) is 0.636. The summed E-state index contributed by atoms with van der Waals surface area (Å²) in [6, 6.07) is 1.18. The second-order valence-corrected chi connectivity index (χ2v) is 4.37. The summed E-state index contributed by atoms with van der Waals surface area (Å²) in [6.07, 6.45) is -4.27. The first-order chi connectivity index (χ1) is 7.97. The van der Waals surface area contributed by atoms with Crippen molar-refractivity contribution in [2.24, 2.45) is 0 Å². The molecule has 1 fully saturated rings. The van der Waals surface area contributed by atoms with Gasteiger partial charge in [0.2, 0.25) is 0 Å². The molecule has 1 aromatic rings. The molecule has 17 heavy (non-hydrogen) atoms. The molecule has 2 N–H and O–H groups in total. The van der Waals surface area contributed by atoms with Gasteiger partial charge in [-0.05, 0) is 13.0 Å². The molecule has 0 unspecified atom stereocenters. The predicted molar refractivity (Wildman–Crippen MR) is 58.7 cm³/mol. The van der Waals surface area contributed by atoms with Crippen LogP contribution in [0.25, 0.3) is 0 Å². The summed E-state index contributed by atoms with van der Waals surface area (Å²) in [5, 5.41) is 3.18. The van der Waals surface area contributed by atoms with Crippen molar-refractivity contribution >= 4 is 0 Å². The molecule has 0 atom stereocenters. The number of nitrogens with zero attached hydrogens (tertiary/aromatic N) is 1. The summed E-state index contributed by atoms with van der Waals surface area (Å²) in [5.74, 6) is 0. The van der Waals surface area contributed by atoms with Crippen LogP contribution in [0.4, 0.5) is 13.2 Å². The van der Waals surface area contributed by atoms with E-state index in [1.807, 2.05) is 4.90 Å². The molecule has 1 aromatic heterocycles. The summed E-state index contributed by atoms with van der Waals surface area (Å²) in [7, 11) is 0. The van der Waals surface area contributed by atoms with Crippen LogP contribution in [-0.4, -0.2) is 36.1 Å². The van der Waals surface area contributed by atoms with Gasteiger partial charge in [-0.2, -0.15) is 13.2 Å². The molecule has 2 heterocycles. The number of H-pyrrole nitrogens is 1. The Bertz CT molecular complexity index is 378. The third kappa shape index (κ3) is 3.01. The van der Waals surface area contributed by atoms with Crippen LogP contribution in [0.2, 0.25) is 0 Å². The van der Waals surface area contributed by atoms with E-state index in [4.69, 9.17) is 0 Å². The van der Waals surface area contributed by atoms with Crippen molar-refractivity contribution in [2.45, 2.75) is 19.6 Å². The van der Waals surface area contributed by atoms with Crippen LogP contribution in [0.5, 0.6) is 0 Å². The molecule has 6 heteroatoms. The Morgan fingerprint density at radius 1 is 1.29 bits per heavy atom. The van der Waals surface area contributed by atoms with E-state index in [-0.39, 0.29) is 5.69 Å². The van der Waals surface area contributed by atoms with Gasteiger partial charge in [0.1, 0.15) is 0 Å². The smallest absolute Gasteiger partial charge is 0.361 e. The maximum Gasteiger partial charge on any atom is 0.418 e. The zero-order valence-electron chi connectivity index (χ0n) is 9.69. The van der Waals surface area contributed by atoms with Crippen LogP contribution in [0.3, 0.4) is 0 Å². The highest BCUT2D eigenvalue weighted by molar-refractivity contribution is 5.28. The minimum Gasteiger partial charge on any atom is -0.361 e. The van der Waals surface area contributed by atoms with Crippen molar-refractivity contribution in [3.05, 3.63) is 23.0 Å². The predicted octanol–water partition coefficient (Wildman–Crippen LogP) is 1.75. The fourth-order valence-electron chi connectivity index (χ4n) is 2.12. The normalized spacial score (nSPS) is 18.6. The van der Waals surface area contributed by atoms with Gasteiger partial charge in [0.25, 0.3) is 0 Å². The second kappa shape index (κ2) is 4.70. The van der Waals surface area contributed by atoms with Gasteiger partial charge in [-0.15, -0.1) is 0 Å². The first kappa shape index (κ1) is 12.4. The number of halogens is 3. The van der Waals surface area contributed by atoms with Gasteiger partial charge in [0, 0.05) is 44.1 Å². The largest absolute Gasteiger partial charge is 0.418 e. The average molecular weight is 247 g/mol. The molecule has 0 saturated carbocycles. The van der Waals surface area contributed by atoms with Crippen molar-refractivity contribution in [1.29, 1.82) is 0 Å². The number of aromatic nitrogens is 1. The SMILES string of the molecule is Cc1cc(C(F)(F)F)c(CN2CCNCC2)[nH]1. The van der Waals surface area contributed by atoms with Crippen LogP contribution in [0.1, 0.15) is 17.0 Å². The standard InChI is InChI=1S/C11H16F3N3/c1-8-6-9(11(12,13)14)10(16-8)7-17-4-2-15-3-5-17/h6,15-16H,2-5,7H2,1H3. The molecule has 3 nitrogen and oxygen atoms in total. The van der Waals surface area contributed by atoms with Gasteiger partial charge >= 0.3 is 6.18 Å². The second-order valence-electron chi connectivity index (χ2n) is 4.37. The zero-order chi connectivity index (χ0) is 12.5.